The molecule has 96 valence electrons. The standard InChI is InChI=1S/C12H23NO.C2H6/c1-12(2,3)11(13)10(14)9-7-5-4-6-8-9;1-2/h9,11H,4-8,13H2,1-3H3;1-2H3/t11-;/m1./s1. The molecule has 0 aromatic carbocycles. The van der Waals surface area contributed by atoms with Crippen molar-refractivity contribution < 1.29 is 4.79 Å². The van der Waals surface area contributed by atoms with E-state index in [9.17, 15) is 4.79 Å². The molecule has 0 aromatic heterocycles. The maximum absolute atomic E-state index is 12.0. The summed E-state index contributed by atoms with van der Waals surface area (Å²) < 4.78 is 0. The lowest BCUT2D eigenvalue weighted by atomic mass is 9.76. The first-order valence-corrected chi connectivity index (χ1v) is 6.72. The Hall–Kier alpha value is -0.370. The zero-order chi connectivity index (χ0) is 12.8. The molecule has 0 aromatic rings. The second-order valence-electron chi connectivity index (χ2n) is 5.58. The quantitative estimate of drug-likeness (QED) is 0.784. The third kappa shape index (κ3) is 4.65. The lowest BCUT2D eigenvalue weighted by Crippen LogP contribution is -2.45. The van der Waals surface area contributed by atoms with Crippen LogP contribution < -0.4 is 5.73 Å². The van der Waals surface area contributed by atoms with Crippen LogP contribution in [0.15, 0.2) is 0 Å². The zero-order valence-corrected chi connectivity index (χ0v) is 11.7. The SMILES string of the molecule is CC.CC(C)(C)[C@H](N)C(=O)C1CCCCC1. The summed E-state index contributed by atoms with van der Waals surface area (Å²) in [7, 11) is 0. The van der Waals surface area contributed by atoms with Gasteiger partial charge in [0, 0.05) is 5.92 Å². The Bertz CT molecular complexity index is 199. The van der Waals surface area contributed by atoms with Crippen LogP contribution in [0.25, 0.3) is 0 Å². The Balaban J connectivity index is 0.00000106. The molecule has 0 spiro atoms. The maximum atomic E-state index is 12.0. The average Bonchev–Trinajstić information content (AvgIpc) is 2.30. The summed E-state index contributed by atoms with van der Waals surface area (Å²) in [6.45, 7) is 10.1. The van der Waals surface area contributed by atoms with Crippen LogP contribution in [-0.4, -0.2) is 11.8 Å². The Morgan fingerprint density at radius 3 is 1.94 bits per heavy atom. The molecule has 2 heteroatoms. The first-order chi connectivity index (χ1) is 7.43. The van der Waals surface area contributed by atoms with Gasteiger partial charge in [-0.05, 0) is 18.3 Å². The van der Waals surface area contributed by atoms with Crippen molar-refractivity contribution in [2.24, 2.45) is 17.1 Å². The minimum atomic E-state index is -0.286. The molecule has 1 fully saturated rings. The molecule has 0 aliphatic heterocycles. The number of Topliss-reactive ketones (excluding diaryl/α,β-unsaturated/α-hetero) is 1. The van der Waals surface area contributed by atoms with Gasteiger partial charge in [0.25, 0.3) is 0 Å². The van der Waals surface area contributed by atoms with Crippen LogP contribution in [-0.2, 0) is 4.79 Å². The Labute approximate surface area is 101 Å². The molecule has 1 aliphatic rings. The molecular formula is C14H29NO. The zero-order valence-electron chi connectivity index (χ0n) is 11.7. The van der Waals surface area contributed by atoms with E-state index in [-0.39, 0.29) is 23.2 Å². The van der Waals surface area contributed by atoms with E-state index in [0.717, 1.165) is 12.8 Å². The summed E-state index contributed by atoms with van der Waals surface area (Å²) in [4.78, 5) is 12.0. The number of hydrogen-bond donors (Lipinski definition) is 1. The number of nitrogens with two attached hydrogens (primary N) is 1. The van der Waals surface area contributed by atoms with Crippen molar-refractivity contribution in [3.05, 3.63) is 0 Å². The van der Waals surface area contributed by atoms with E-state index in [0.29, 0.717) is 0 Å². The van der Waals surface area contributed by atoms with Gasteiger partial charge in [-0.1, -0.05) is 53.9 Å². The van der Waals surface area contributed by atoms with Crippen LogP contribution in [0.1, 0.15) is 66.7 Å². The predicted octanol–water partition coefficient (Wildman–Crippen LogP) is 3.54. The molecule has 0 saturated heterocycles. The summed E-state index contributed by atoms with van der Waals surface area (Å²) in [5.41, 5.74) is 5.89. The van der Waals surface area contributed by atoms with Crippen molar-refractivity contribution in [3.8, 4) is 0 Å². The molecule has 2 N–H and O–H groups in total. The number of hydrogen-bond acceptors (Lipinski definition) is 2. The van der Waals surface area contributed by atoms with Crippen molar-refractivity contribution in [1.82, 2.24) is 0 Å². The number of carbonyl (C=O) groups excluding carboxylic acids is 1. The van der Waals surface area contributed by atoms with Gasteiger partial charge in [0.2, 0.25) is 0 Å². The minimum Gasteiger partial charge on any atom is -0.321 e. The highest BCUT2D eigenvalue weighted by atomic mass is 16.1. The largest absolute Gasteiger partial charge is 0.321 e. The van der Waals surface area contributed by atoms with Gasteiger partial charge in [-0.3, -0.25) is 4.79 Å². The molecule has 2 nitrogen and oxygen atoms in total. The van der Waals surface area contributed by atoms with Gasteiger partial charge in [-0.25, -0.2) is 0 Å². The fourth-order valence-corrected chi connectivity index (χ4v) is 2.07. The predicted molar refractivity (Wildman–Crippen MR) is 70.4 cm³/mol. The lowest BCUT2D eigenvalue weighted by molar-refractivity contribution is -0.127. The van der Waals surface area contributed by atoms with Crippen molar-refractivity contribution in [2.45, 2.75) is 72.8 Å². The Kier molecular flexibility index (Phi) is 6.89. The van der Waals surface area contributed by atoms with Gasteiger partial charge in [-0.15, -0.1) is 0 Å². The van der Waals surface area contributed by atoms with Gasteiger partial charge in [0.1, 0.15) is 0 Å². The van der Waals surface area contributed by atoms with Crippen LogP contribution in [0.5, 0.6) is 0 Å². The van der Waals surface area contributed by atoms with Crippen LogP contribution in [0, 0.1) is 11.3 Å². The van der Waals surface area contributed by atoms with Gasteiger partial charge in [0.15, 0.2) is 5.78 Å². The number of ketones is 1. The molecule has 1 rings (SSSR count). The van der Waals surface area contributed by atoms with Crippen LogP contribution in [0.3, 0.4) is 0 Å². The first-order valence-electron chi connectivity index (χ1n) is 6.72. The highest BCUT2D eigenvalue weighted by Gasteiger charge is 2.32. The summed E-state index contributed by atoms with van der Waals surface area (Å²) in [6, 6.07) is -0.286. The van der Waals surface area contributed by atoms with E-state index in [1.165, 1.54) is 19.3 Å². The molecule has 0 heterocycles. The van der Waals surface area contributed by atoms with Gasteiger partial charge < -0.3 is 5.73 Å². The molecule has 0 radical (unpaired) electrons. The minimum absolute atomic E-state index is 0.0888. The third-order valence-electron chi connectivity index (χ3n) is 3.25. The Morgan fingerprint density at radius 1 is 1.12 bits per heavy atom. The maximum Gasteiger partial charge on any atom is 0.153 e. The molecule has 16 heavy (non-hydrogen) atoms. The van der Waals surface area contributed by atoms with Crippen LogP contribution in [0.2, 0.25) is 0 Å². The van der Waals surface area contributed by atoms with E-state index in [2.05, 4.69) is 0 Å². The number of carbonyl (C=O) groups is 1. The van der Waals surface area contributed by atoms with E-state index >= 15 is 0 Å². The highest BCUT2D eigenvalue weighted by Crippen LogP contribution is 2.28. The molecule has 0 bridgehead atoms. The van der Waals surface area contributed by atoms with E-state index in [1.54, 1.807) is 0 Å². The Morgan fingerprint density at radius 2 is 1.56 bits per heavy atom. The smallest absolute Gasteiger partial charge is 0.153 e. The summed E-state index contributed by atoms with van der Waals surface area (Å²) in [5, 5.41) is 0. The first kappa shape index (κ1) is 15.6. The second kappa shape index (κ2) is 7.05. The fourth-order valence-electron chi connectivity index (χ4n) is 2.07. The summed E-state index contributed by atoms with van der Waals surface area (Å²) >= 11 is 0. The third-order valence-corrected chi connectivity index (χ3v) is 3.25. The normalized spacial score (nSPS) is 19.6. The summed E-state index contributed by atoms with van der Waals surface area (Å²) in [5.74, 6) is 0.537. The van der Waals surface area contributed by atoms with Gasteiger partial charge >= 0.3 is 0 Å². The van der Waals surface area contributed by atoms with Gasteiger partial charge in [-0.2, -0.15) is 0 Å². The van der Waals surface area contributed by atoms with Crippen LogP contribution in [0.4, 0.5) is 0 Å². The highest BCUT2D eigenvalue weighted by molar-refractivity contribution is 5.86. The average molecular weight is 227 g/mol. The summed E-state index contributed by atoms with van der Waals surface area (Å²) in [6.07, 6.45) is 5.81. The molecular weight excluding hydrogens is 198 g/mol. The van der Waals surface area contributed by atoms with E-state index in [1.807, 2.05) is 34.6 Å². The fraction of sp³-hybridized carbons (Fsp3) is 0.929. The lowest BCUT2D eigenvalue weighted by Gasteiger charge is -2.30. The second-order valence-corrected chi connectivity index (χ2v) is 5.58. The van der Waals surface area contributed by atoms with Crippen molar-refractivity contribution >= 4 is 5.78 Å². The van der Waals surface area contributed by atoms with Gasteiger partial charge in [0.05, 0.1) is 6.04 Å². The molecule has 1 aliphatic carbocycles. The number of rotatable bonds is 2. The molecule has 1 saturated carbocycles. The van der Waals surface area contributed by atoms with E-state index in [4.69, 9.17) is 5.73 Å². The molecule has 0 amide bonds. The molecule has 1 atom stereocenters. The van der Waals surface area contributed by atoms with Crippen molar-refractivity contribution in [1.29, 1.82) is 0 Å². The monoisotopic (exact) mass is 227 g/mol. The topological polar surface area (TPSA) is 43.1 Å². The molecule has 0 unspecified atom stereocenters. The van der Waals surface area contributed by atoms with Crippen molar-refractivity contribution in [2.75, 3.05) is 0 Å². The van der Waals surface area contributed by atoms with Crippen molar-refractivity contribution in [3.63, 3.8) is 0 Å². The van der Waals surface area contributed by atoms with Crippen LogP contribution >= 0.6 is 0 Å². The van der Waals surface area contributed by atoms with E-state index < -0.39 is 0 Å².